The number of rotatable bonds is 3. The lowest BCUT2D eigenvalue weighted by atomic mass is 10.0. The molecule has 0 atom stereocenters. The number of halogens is 1. The Morgan fingerprint density at radius 1 is 1.30 bits per heavy atom. The van der Waals surface area contributed by atoms with Gasteiger partial charge in [-0.2, -0.15) is 0 Å². The fraction of sp³-hybridized carbons (Fsp3) is 0.188. The molecular weight excluding hydrogens is 274 g/mol. The molecule has 0 unspecified atom stereocenters. The van der Waals surface area contributed by atoms with Crippen LogP contribution in [0, 0.1) is 5.92 Å². The van der Waals surface area contributed by atoms with E-state index in [-0.39, 0.29) is 11.7 Å². The van der Waals surface area contributed by atoms with Gasteiger partial charge in [-0.3, -0.25) is 4.79 Å². The van der Waals surface area contributed by atoms with Crippen LogP contribution in [0.1, 0.15) is 23.2 Å². The summed E-state index contributed by atoms with van der Waals surface area (Å²) in [7, 11) is 0. The maximum absolute atomic E-state index is 12.6. The van der Waals surface area contributed by atoms with Crippen LogP contribution < -0.4 is 0 Å². The Morgan fingerprint density at radius 3 is 2.85 bits per heavy atom. The van der Waals surface area contributed by atoms with Gasteiger partial charge >= 0.3 is 0 Å². The normalized spacial score (nSPS) is 14.8. The summed E-state index contributed by atoms with van der Waals surface area (Å²) in [5.74, 6) is 1.02. The van der Waals surface area contributed by atoms with Crippen molar-refractivity contribution in [2.24, 2.45) is 5.92 Å². The predicted octanol–water partition coefficient (Wildman–Crippen LogP) is 4.67. The van der Waals surface area contributed by atoms with Crippen LogP contribution in [0.2, 0.25) is 5.02 Å². The molecule has 1 aliphatic rings. The summed E-state index contributed by atoms with van der Waals surface area (Å²) in [4.78, 5) is 15.9. The van der Waals surface area contributed by atoms with Gasteiger partial charge in [0.25, 0.3) is 0 Å². The molecule has 0 saturated heterocycles. The molecule has 0 bridgehead atoms. The smallest absolute Gasteiger partial charge is 0.168 e. The Morgan fingerprint density at radius 2 is 2.15 bits per heavy atom. The van der Waals surface area contributed by atoms with Crippen molar-refractivity contribution >= 4 is 28.3 Å². The highest BCUT2D eigenvalue weighted by Crippen LogP contribution is 2.39. The third kappa shape index (κ3) is 1.78. The van der Waals surface area contributed by atoms with E-state index in [9.17, 15) is 4.79 Å². The fourth-order valence-electron chi connectivity index (χ4n) is 2.58. The minimum absolute atomic E-state index is 0.154. The summed E-state index contributed by atoms with van der Waals surface area (Å²) in [5, 5.41) is 1.51. The zero-order valence-corrected chi connectivity index (χ0v) is 11.4. The van der Waals surface area contributed by atoms with E-state index in [2.05, 4.69) is 4.98 Å². The van der Waals surface area contributed by atoms with Gasteiger partial charge in [0.2, 0.25) is 0 Å². The topological polar surface area (TPSA) is 46.0 Å². The molecule has 3 nitrogen and oxygen atoms in total. The van der Waals surface area contributed by atoms with Crippen LogP contribution in [0.5, 0.6) is 0 Å². The number of aromatic amines is 1. The second-order valence-corrected chi connectivity index (χ2v) is 5.62. The van der Waals surface area contributed by atoms with Gasteiger partial charge in [0.05, 0.1) is 17.5 Å². The van der Waals surface area contributed by atoms with Gasteiger partial charge in [-0.15, -0.1) is 0 Å². The lowest BCUT2D eigenvalue weighted by molar-refractivity contribution is 0.0970. The summed E-state index contributed by atoms with van der Waals surface area (Å²) in [5.41, 5.74) is 2.37. The molecule has 0 aliphatic heterocycles. The molecule has 1 fully saturated rings. The van der Waals surface area contributed by atoms with Crippen molar-refractivity contribution in [1.82, 2.24) is 4.98 Å². The predicted molar refractivity (Wildman–Crippen MR) is 78.1 cm³/mol. The van der Waals surface area contributed by atoms with Crippen LogP contribution in [0.4, 0.5) is 0 Å². The number of H-pyrrole nitrogens is 1. The van der Waals surface area contributed by atoms with Gasteiger partial charge in [0.1, 0.15) is 0 Å². The van der Waals surface area contributed by atoms with E-state index in [1.807, 2.05) is 30.3 Å². The van der Waals surface area contributed by atoms with Gasteiger partial charge in [0.15, 0.2) is 11.5 Å². The Hall–Kier alpha value is -2.00. The third-order valence-corrected chi connectivity index (χ3v) is 3.96. The number of carbonyl (C=O) groups is 1. The molecule has 0 spiro atoms. The molecule has 1 aliphatic carbocycles. The molecule has 4 rings (SSSR count). The summed E-state index contributed by atoms with van der Waals surface area (Å²) in [6.45, 7) is 0. The molecule has 1 aromatic carbocycles. The van der Waals surface area contributed by atoms with E-state index >= 15 is 0 Å². The first-order chi connectivity index (χ1) is 9.74. The highest BCUT2D eigenvalue weighted by atomic mass is 35.5. The van der Waals surface area contributed by atoms with E-state index in [0.717, 1.165) is 29.4 Å². The molecule has 1 N–H and O–H groups in total. The van der Waals surface area contributed by atoms with E-state index in [1.165, 1.54) is 0 Å². The van der Waals surface area contributed by atoms with Crippen molar-refractivity contribution in [3.63, 3.8) is 0 Å². The van der Waals surface area contributed by atoms with Crippen LogP contribution in [0.3, 0.4) is 0 Å². The van der Waals surface area contributed by atoms with Crippen molar-refractivity contribution in [2.45, 2.75) is 12.8 Å². The van der Waals surface area contributed by atoms with Crippen molar-refractivity contribution < 1.29 is 9.21 Å². The SMILES string of the molecule is O=C(c1c(-c2ccco2)[nH]c2ccc(Cl)cc12)C1CC1. The van der Waals surface area contributed by atoms with Gasteiger partial charge < -0.3 is 9.40 Å². The maximum Gasteiger partial charge on any atom is 0.168 e. The second kappa shape index (κ2) is 4.25. The summed E-state index contributed by atoms with van der Waals surface area (Å²) < 4.78 is 5.45. The van der Waals surface area contributed by atoms with Crippen LogP contribution in [-0.4, -0.2) is 10.8 Å². The summed E-state index contributed by atoms with van der Waals surface area (Å²) in [6, 6.07) is 9.23. The number of hydrogen-bond donors (Lipinski definition) is 1. The van der Waals surface area contributed by atoms with Crippen LogP contribution >= 0.6 is 11.6 Å². The molecule has 3 aromatic rings. The first-order valence-electron chi connectivity index (χ1n) is 6.63. The number of hydrogen-bond acceptors (Lipinski definition) is 2. The van der Waals surface area contributed by atoms with Gasteiger partial charge in [0, 0.05) is 21.8 Å². The first-order valence-corrected chi connectivity index (χ1v) is 7.01. The largest absolute Gasteiger partial charge is 0.463 e. The number of furan rings is 1. The quantitative estimate of drug-likeness (QED) is 0.711. The molecule has 1 saturated carbocycles. The lowest BCUT2D eigenvalue weighted by Crippen LogP contribution is -2.02. The van der Waals surface area contributed by atoms with Crippen molar-refractivity contribution in [2.75, 3.05) is 0 Å². The molecule has 0 amide bonds. The number of fused-ring (bicyclic) bond motifs is 1. The Labute approximate surface area is 120 Å². The summed E-state index contributed by atoms with van der Waals surface area (Å²) in [6.07, 6.45) is 3.56. The number of nitrogens with one attached hydrogen (secondary N) is 1. The number of Topliss-reactive ketones (excluding diaryl/α,β-unsaturated/α-hetero) is 1. The molecule has 2 aromatic heterocycles. The zero-order valence-electron chi connectivity index (χ0n) is 10.7. The highest BCUT2D eigenvalue weighted by molar-refractivity contribution is 6.31. The van der Waals surface area contributed by atoms with Crippen LogP contribution in [0.25, 0.3) is 22.4 Å². The molecular formula is C16H12ClNO2. The van der Waals surface area contributed by atoms with E-state index in [4.69, 9.17) is 16.0 Å². The molecule has 0 radical (unpaired) electrons. The Bertz CT molecular complexity index is 797. The number of ketones is 1. The monoisotopic (exact) mass is 285 g/mol. The van der Waals surface area contributed by atoms with Gasteiger partial charge in [-0.1, -0.05) is 11.6 Å². The second-order valence-electron chi connectivity index (χ2n) is 5.18. The molecule has 100 valence electrons. The third-order valence-electron chi connectivity index (χ3n) is 3.72. The highest BCUT2D eigenvalue weighted by Gasteiger charge is 2.34. The average Bonchev–Trinajstić information content (AvgIpc) is 3.01. The Balaban J connectivity index is 2.01. The van der Waals surface area contributed by atoms with Crippen molar-refractivity contribution in [3.05, 3.63) is 47.2 Å². The van der Waals surface area contributed by atoms with Crippen molar-refractivity contribution in [3.8, 4) is 11.5 Å². The molecule has 4 heteroatoms. The Kier molecular flexibility index (Phi) is 2.51. The number of carbonyl (C=O) groups excluding carboxylic acids is 1. The van der Waals surface area contributed by atoms with Crippen LogP contribution in [-0.2, 0) is 0 Å². The fourth-order valence-corrected chi connectivity index (χ4v) is 2.75. The van der Waals surface area contributed by atoms with Gasteiger partial charge in [-0.05, 0) is 43.2 Å². The average molecular weight is 286 g/mol. The standard InChI is InChI=1S/C16H12ClNO2/c17-10-5-6-12-11(8-10)14(16(19)9-3-4-9)15(18-12)13-2-1-7-20-13/h1-2,5-9,18H,3-4H2. The molecule has 2 heterocycles. The zero-order chi connectivity index (χ0) is 13.7. The minimum atomic E-state index is 0.154. The minimum Gasteiger partial charge on any atom is -0.463 e. The lowest BCUT2D eigenvalue weighted by Gasteiger charge is -2.01. The number of aromatic nitrogens is 1. The van der Waals surface area contributed by atoms with E-state index in [1.54, 1.807) is 6.26 Å². The van der Waals surface area contributed by atoms with E-state index < -0.39 is 0 Å². The maximum atomic E-state index is 12.6. The van der Waals surface area contributed by atoms with Gasteiger partial charge in [-0.25, -0.2) is 0 Å². The molecule has 20 heavy (non-hydrogen) atoms. The van der Waals surface area contributed by atoms with Crippen molar-refractivity contribution in [1.29, 1.82) is 0 Å². The first kappa shape index (κ1) is 11.8. The van der Waals surface area contributed by atoms with E-state index in [0.29, 0.717) is 16.3 Å². The van der Waals surface area contributed by atoms with Crippen LogP contribution in [0.15, 0.2) is 41.0 Å². The number of benzene rings is 1. The summed E-state index contributed by atoms with van der Waals surface area (Å²) >= 11 is 6.08.